The Morgan fingerprint density at radius 2 is 2.25 bits per heavy atom. The van der Waals surface area contributed by atoms with Crippen LogP contribution >= 0.6 is 0 Å². The molecule has 68 valence electrons. The highest BCUT2D eigenvalue weighted by Crippen LogP contribution is 2.05. The third-order valence-electron chi connectivity index (χ3n) is 2.02. The van der Waals surface area contributed by atoms with E-state index in [0.717, 1.165) is 24.4 Å². The minimum Gasteiger partial charge on any atom is -0.396 e. The molecule has 0 fully saturated rings. The Morgan fingerprint density at radius 1 is 1.50 bits per heavy atom. The summed E-state index contributed by atoms with van der Waals surface area (Å²) < 4.78 is 2.07. The summed E-state index contributed by atoms with van der Waals surface area (Å²) in [4.78, 5) is 4.28. The van der Waals surface area contributed by atoms with E-state index in [-0.39, 0.29) is 6.61 Å². The smallest absolute Gasteiger partial charge is 0.108 e. The van der Waals surface area contributed by atoms with Crippen LogP contribution in [0, 0.1) is 0 Å². The first kappa shape index (κ1) is 9.26. The number of hydrogen-bond donors (Lipinski definition) is 1. The van der Waals surface area contributed by atoms with Crippen molar-refractivity contribution in [2.75, 3.05) is 6.61 Å². The molecule has 3 heteroatoms. The molecule has 1 heterocycles. The molecule has 0 spiro atoms. The fraction of sp³-hybridized carbons (Fsp3) is 0.667. The molecule has 1 N–H and O–H groups in total. The van der Waals surface area contributed by atoms with Gasteiger partial charge in [0.1, 0.15) is 5.82 Å². The second-order valence-electron chi connectivity index (χ2n) is 2.95. The largest absolute Gasteiger partial charge is 0.396 e. The van der Waals surface area contributed by atoms with Crippen LogP contribution in [0.1, 0.15) is 24.9 Å². The molecule has 0 aromatic carbocycles. The molecule has 0 aliphatic rings. The molecule has 0 unspecified atom stereocenters. The summed E-state index contributed by atoms with van der Waals surface area (Å²) >= 11 is 0. The molecule has 1 rings (SSSR count). The topological polar surface area (TPSA) is 38.1 Å². The van der Waals surface area contributed by atoms with E-state index in [0.29, 0.717) is 6.42 Å². The summed E-state index contributed by atoms with van der Waals surface area (Å²) in [5.41, 5.74) is 1.11. The van der Waals surface area contributed by atoms with Crippen LogP contribution in [0.3, 0.4) is 0 Å². The fourth-order valence-electron chi connectivity index (χ4n) is 1.29. The van der Waals surface area contributed by atoms with Gasteiger partial charge < -0.3 is 9.67 Å². The lowest BCUT2D eigenvalue weighted by Gasteiger charge is -2.02. The van der Waals surface area contributed by atoms with Crippen molar-refractivity contribution in [3.63, 3.8) is 0 Å². The van der Waals surface area contributed by atoms with Gasteiger partial charge in [-0.1, -0.05) is 6.92 Å². The normalized spacial score (nSPS) is 10.6. The Labute approximate surface area is 73.1 Å². The number of nitrogens with zero attached hydrogens (tertiary/aromatic N) is 2. The number of hydrogen-bond acceptors (Lipinski definition) is 2. The molecule has 0 amide bonds. The minimum absolute atomic E-state index is 0.200. The Kier molecular flexibility index (Phi) is 3.29. The number of aliphatic hydroxyl groups is 1. The third kappa shape index (κ3) is 1.85. The molecule has 0 atom stereocenters. The van der Waals surface area contributed by atoms with Gasteiger partial charge >= 0.3 is 0 Å². The standard InChI is InChI=1S/C9H16N2O/c1-3-4-9-10-7-8(5-6-12)11(9)2/h7,12H,3-6H2,1-2H3. The van der Waals surface area contributed by atoms with Gasteiger partial charge in [0.25, 0.3) is 0 Å². The lowest BCUT2D eigenvalue weighted by molar-refractivity contribution is 0.297. The molecular formula is C9H16N2O. The van der Waals surface area contributed by atoms with Crippen LogP contribution in [0.25, 0.3) is 0 Å². The van der Waals surface area contributed by atoms with Crippen LogP contribution in [-0.2, 0) is 19.9 Å². The molecule has 0 saturated carbocycles. The van der Waals surface area contributed by atoms with Crippen LogP contribution in [0.5, 0.6) is 0 Å². The van der Waals surface area contributed by atoms with Crippen LogP contribution < -0.4 is 0 Å². The molecule has 0 bridgehead atoms. The van der Waals surface area contributed by atoms with Crippen molar-refractivity contribution in [2.45, 2.75) is 26.2 Å². The molecule has 0 saturated heterocycles. The van der Waals surface area contributed by atoms with Crippen LogP contribution in [0.2, 0.25) is 0 Å². The average molecular weight is 168 g/mol. The van der Waals surface area contributed by atoms with Crippen LogP contribution in [-0.4, -0.2) is 21.3 Å². The van der Waals surface area contributed by atoms with Gasteiger partial charge in [0, 0.05) is 38.4 Å². The number of aromatic nitrogens is 2. The fourth-order valence-corrected chi connectivity index (χ4v) is 1.29. The number of aryl methyl sites for hydroxylation is 1. The molecule has 3 nitrogen and oxygen atoms in total. The lowest BCUT2D eigenvalue weighted by Crippen LogP contribution is -2.03. The predicted molar refractivity (Wildman–Crippen MR) is 48.0 cm³/mol. The van der Waals surface area contributed by atoms with Gasteiger partial charge in [0.15, 0.2) is 0 Å². The van der Waals surface area contributed by atoms with E-state index < -0.39 is 0 Å². The van der Waals surface area contributed by atoms with Crippen molar-refractivity contribution in [1.82, 2.24) is 9.55 Å². The number of imidazole rings is 1. The van der Waals surface area contributed by atoms with E-state index in [9.17, 15) is 0 Å². The molecular weight excluding hydrogens is 152 g/mol. The Bertz CT molecular complexity index is 219. The van der Waals surface area contributed by atoms with E-state index >= 15 is 0 Å². The zero-order chi connectivity index (χ0) is 8.97. The van der Waals surface area contributed by atoms with Crippen molar-refractivity contribution in [1.29, 1.82) is 0 Å². The highest BCUT2D eigenvalue weighted by molar-refractivity contribution is 5.05. The molecule has 0 aliphatic carbocycles. The highest BCUT2D eigenvalue weighted by Gasteiger charge is 2.03. The van der Waals surface area contributed by atoms with Gasteiger partial charge in [-0.2, -0.15) is 0 Å². The third-order valence-corrected chi connectivity index (χ3v) is 2.02. The molecule has 1 aromatic heterocycles. The lowest BCUT2D eigenvalue weighted by atomic mass is 10.3. The molecule has 12 heavy (non-hydrogen) atoms. The summed E-state index contributed by atoms with van der Waals surface area (Å²) in [5.74, 6) is 1.11. The minimum atomic E-state index is 0.200. The zero-order valence-corrected chi connectivity index (χ0v) is 7.75. The number of aliphatic hydroxyl groups excluding tert-OH is 1. The first-order chi connectivity index (χ1) is 5.79. The number of rotatable bonds is 4. The summed E-state index contributed by atoms with van der Waals surface area (Å²) in [6.07, 6.45) is 4.68. The van der Waals surface area contributed by atoms with E-state index in [4.69, 9.17) is 5.11 Å². The van der Waals surface area contributed by atoms with Gasteiger partial charge in [0.05, 0.1) is 0 Å². The maximum atomic E-state index is 8.74. The van der Waals surface area contributed by atoms with Crippen molar-refractivity contribution < 1.29 is 5.11 Å². The first-order valence-corrected chi connectivity index (χ1v) is 4.40. The van der Waals surface area contributed by atoms with Crippen LogP contribution in [0.15, 0.2) is 6.20 Å². The SMILES string of the molecule is CCCc1ncc(CCO)n1C. The van der Waals surface area contributed by atoms with Crippen molar-refractivity contribution in [2.24, 2.45) is 7.05 Å². The van der Waals surface area contributed by atoms with Crippen molar-refractivity contribution >= 4 is 0 Å². The average Bonchev–Trinajstić information content (AvgIpc) is 2.38. The molecule has 0 aliphatic heterocycles. The maximum absolute atomic E-state index is 8.74. The summed E-state index contributed by atoms with van der Waals surface area (Å²) in [7, 11) is 2.00. The van der Waals surface area contributed by atoms with Gasteiger partial charge in [-0.25, -0.2) is 4.98 Å². The maximum Gasteiger partial charge on any atom is 0.108 e. The zero-order valence-electron chi connectivity index (χ0n) is 7.75. The van der Waals surface area contributed by atoms with Gasteiger partial charge in [-0.15, -0.1) is 0 Å². The quantitative estimate of drug-likeness (QED) is 0.725. The molecule has 1 aromatic rings. The first-order valence-electron chi connectivity index (χ1n) is 4.40. The van der Waals surface area contributed by atoms with E-state index in [2.05, 4.69) is 16.5 Å². The Hall–Kier alpha value is -0.830. The van der Waals surface area contributed by atoms with Gasteiger partial charge in [-0.05, 0) is 6.42 Å². The monoisotopic (exact) mass is 168 g/mol. The van der Waals surface area contributed by atoms with Gasteiger partial charge in [0.2, 0.25) is 0 Å². The van der Waals surface area contributed by atoms with E-state index in [1.165, 1.54) is 0 Å². The highest BCUT2D eigenvalue weighted by atomic mass is 16.3. The summed E-state index contributed by atoms with van der Waals surface area (Å²) in [5, 5.41) is 8.74. The van der Waals surface area contributed by atoms with Crippen molar-refractivity contribution in [3.8, 4) is 0 Å². The summed E-state index contributed by atoms with van der Waals surface area (Å²) in [6.45, 7) is 2.34. The second-order valence-corrected chi connectivity index (χ2v) is 2.95. The van der Waals surface area contributed by atoms with Crippen molar-refractivity contribution in [3.05, 3.63) is 17.7 Å². The molecule has 0 radical (unpaired) electrons. The Balaban J connectivity index is 2.74. The van der Waals surface area contributed by atoms with E-state index in [1.807, 2.05) is 13.2 Å². The summed E-state index contributed by atoms with van der Waals surface area (Å²) in [6, 6.07) is 0. The van der Waals surface area contributed by atoms with Gasteiger partial charge in [-0.3, -0.25) is 0 Å². The second kappa shape index (κ2) is 4.26. The predicted octanol–water partition coefficient (Wildman–Crippen LogP) is 0.907. The van der Waals surface area contributed by atoms with E-state index in [1.54, 1.807) is 0 Å². The van der Waals surface area contributed by atoms with Crippen LogP contribution in [0.4, 0.5) is 0 Å². The Morgan fingerprint density at radius 3 is 2.83 bits per heavy atom.